The molecule has 0 aliphatic heterocycles. The van der Waals surface area contributed by atoms with E-state index in [9.17, 15) is 9.59 Å². The molecule has 2 amide bonds. The summed E-state index contributed by atoms with van der Waals surface area (Å²) in [6.07, 6.45) is 1.53. The molecule has 0 aliphatic rings. The molecule has 0 fully saturated rings. The van der Waals surface area contributed by atoms with Gasteiger partial charge in [-0.2, -0.15) is 0 Å². The van der Waals surface area contributed by atoms with Crippen molar-refractivity contribution in [3.05, 3.63) is 59.4 Å². The average molecular weight is 355 g/mol. The number of nitrogens with one attached hydrogen (secondary N) is 2. The van der Waals surface area contributed by atoms with Gasteiger partial charge in [0.2, 0.25) is 0 Å². The lowest BCUT2D eigenvalue weighted by atomic mass is 10.1. The number of nitrogens with zero attached hydrogens (tertiary/aromatic N) is 1. The van der Waals surface area contributed by atoms with Gasteiger partial charge < -0.3 is 15.4 Å². The minimum atomic E-state index is -0.295. The Labute approximate surface area is 154 Å². The van der Waals surface area contributed by atoms with Crippen molar-refractivity contribution in [2.45, 2.75) is 32.7 Å². The largest absolute Gasteiger partial charge is 0.497 e. The van der Waals surface area contributed by atoms with Gasteiger partial charge in [-0.25, -0.2) is 4.98 Å². The summed E-state index contributed by atoms with van der Waals surface area (Å²) < 4.78 is 5.12. The molecule has 1 aromatic carbocycles. The molecular formula is C20H25N3O3. The molecule has 26 heavy (non-hydrogen) atoms. The fraction of sp³-hybridized carbons (Fsp3) is 0.350. The topological polar surface area (TPSA) is 80.3 Å². The lowest BCUT2D eigenvalue weighted by molar-refractivity contribution is 0.0933. The van der Waals surface area contributed by atoms with E-state index in [0.29, 0.717) is 13.0 Å². The molecule has 2 N–H and O–H groups in total. The van der Waals surface area contributed by atoms with Gasteiger partial charge in [0.25, 0.3) is 11.8 Å². The molecule has 6 heteroatoms. The number of hydrogen-bond acceptors (Lipinski definition) is 4. The Bertz CT molecular complexity index is 744. The van der Waals surface area contributed by atoms with Crippen molar-refractivity contribution < 1.29 is 14.3 Å². The first-order chi connectivity index (χ1) is 12.5. The Morgan fingerprint density at radius 1 is 1.08 bits per heavy atom. The van der Waals surface area contributed by atoms with Crippen LogP contribution in [0.1, 0.15) is 46.8 Å². The zero-order valence-corrected chi connectivity index (χ0v) is 15.4. The van der Waals surface area contributed by atoms with Crippen LogP contribution >= 0.6 is 0 Å². The Balaban J connectivity index is 1.90. The lowest BCUT2D eigenvalue weighted by Gasteiger charge is -2.11. The third-order valence-electron chi connectivity index (χ3n) is 4.06. The fourth-order valence-corrected chi connectivity index (χ4v) is 2.29. The number of carbonyl (C=O) groups excluding carboxylic acids is 2. The normalized spacial score (nSPS) is 11.5. The van der Waals surface area contributed by atoms with Gasteiger partial charge >= 0.3 is 0 Å². The molecule has 1 aromatic heterocycles. The van der Waals surface area contributed by atoms with E-state index in [2.05, 4.69) is 15.6 Å². The molecule has 138 valence electrons. The quantitative estimate of drug-likeness (QED) is 0.763. The third-order valence-corrected chi connectivity index (χ3v) is 4.06. The number of methoxy groups -OCH3 is 1. The van der Waals surface area contributed by atoms with E-state index in [0.717, 1.165) is 17.7 Å². The molecule has 2 aromatic rings. The molecule has 0 spiro atoms. The van der Waals surface area contributed by atoms with E-state index < -0.39 is 0 Å². The Morgan fingerprint density at radius 3 is 2.35 bits per heavy atom. The summed E-state index contributed by atoms with van der Waals surface area (Å²) in [6, 6.07) is 12.6. The van der Waals surface area contributed by atoms with E-state index in [-0.39, 0.29) is 29.2 Å². The van der Waals surface area contributed by atoms with E-state index >= 15 is 0 Å². The highest BCUT2D eigenvalue weighted by Gasteiger charge is 2.13. The summed E-state index contributed by atoms with van der Waals surface area (Å²) in [7, 11) is 1.62. The number of pyridine rings is 1. The van der Waals surface area contributed by atoms with Gasteiger partial charge in [0.1, 0.15) is 17.1 Å². The summed E-state index contributed by atoms with van der Waals surface area (Å²) in [4.78, 5) is 28.6. The van der Waals surface area contributed by atoms with Crippen LogP contribution in [-0.4, -0.2) is 36.5 Å². The molecule has 2 rings (SSSR count). The van der Waals surface area contributed by atoms with Gasteiger partial charge in [0.15, 0.2) is 0 Å². The van der Waals surface area contributed by atoms with Crippen LogP contribution in [0.5, 0.6) is 5.75 Å². The van der Waals surface area contributed by atoms with Gasteiger partial charge in [-0.3, -0.25) is 9.59 Å². The summed E-state index contributed by atoms with van der Waals surface area (Å²) in [6.45, 7) is 4.40. The predicted molar refractivity (Wildman–Crippen MR) is 100 cm³/mol. The predicted octanol–water partition coefficient (Wildman–Crippen LogP) is 2.59. The van der Waals surface area contributed by atoms with Crippen molar-refractivity contribution in [3.8, 4) is 5.75 Å². The Morgan fingerprint density at radius 2 is 1.73 bits per heavy atom. The maximum atomic E-state index is 12.3. The number of rotatable bonds is 8. The minimum absolute atomic E-state index is 0.0614. The van der Waals surface area contributed by atoms with Crippen LogP contribution < -0.4 is 15.4 Å². The summed E-state index contributed by atoms with van der Waals surface area (Å²) in [5.74, 6) is 0.235. The molecule has 0 saturated heterocycles. The van der Waals surface area contributed by atoms with Crippen molar-refractivity contribution in [2.75, 3.05) is 13.7 Å². The number of benzene rings is 1. The zero-order valence-electron chi connectivity index (χ0n) is 15.4. The second-order valence-electron chi connectivity index (χ2n) is 6.04. The lowest BCUT2D eigenvalue weighted by Crippen LogP contribution is -2.33. The Kier molecular flexibility index (Phi) is 7.14. The number of aromatic nitrogens is 1. The third kappa shape index (κ3) is 5.58. The van der Waals surface area contributed by atoms with E-state index in [1.807, 2.05) is 38.1 Å². The number of hydrogen-bond donors (Lipinski definition) is 2. The maximum absolute atomic E-state index is 12.3. The molecule has 0 saturated carbocycles. The maximum Gasteiger partial charge on any atom is 0.270 e. The van der Waals surface area contributed by atoms with E-state index in [4.69, 9.17) is 4.74 Å². The smallest absolute Gasteiger partial charge is 0.270 e. The van der Waals surface area contributed by atoms with Crippen molar-refractivity contribution in [2.24, 2.45) is 0 Å². The first-order valence-electron chi connectivity index (χ1n) is 8.72. The van der Waals surface area contributed by atoms with E-state index in [1.165, 1.54) is 0 Å². The van der Waals surface area contributed by atoms with Crippen molar-refractivity contribution in [1.29, 1.82) is 0 Å². The number of ether oxygens (including phenoxy) is 1. The van der Waals surface area contributed by atoms with Gasteiger partial charge in [0, 0.05) is 12.6 Å². The zero-order chi connectivity index (χ0) is 18.9. The first-order valence-corrected chi connectivity index (χ1v) is 8.72. The number of carbonyl (C=O) groups is 2. The summed E-state index contributed by atoms with van der Waals surface area (Å²) in [5.41, 5.74) is 1.57. The highest BCUT2D eigenvalue weighted by Crippen LogP contribution is 2.11. The minimum Gasteiger partial charge on any atom is -0.497 e. The van der Waals surface area contributed by atoms with Crippen molar-refractivity contribution in [1.82, 2.24) is 15.6 Å². The number of amides is 2. The molecule has 1 atom stereocenters. The van der Waals surface area contributed by atoms with Crippen LogP contribution in [0.15, 0.2) is 42.5 Å². The van der Waals surface area contributed by atoms with Gasteiger partial charge in [-0.15, -0.1) is 0 Å². The van der Waals surface area contributed by atoms with Crippen molar-refractivity contribution in [3.63, 3.8) is 0 Å². The molecule has 6 nitrogen and oxygen atoms in total. The van der Waals surface area contributed by atoms with Gasteiger partial charge in [-0.05, 0) is 49.6 Å². The molecular weight excluding hydrogens is 330 g/mol. The van der Waals surface area contributed by atoms with Crippen LogP contribution in [0, 0.1) is 0 Å². The summed E-state index contributed by atoms with van der Waals surface area (Å²) >= 11 is 0. The highest BCUT2D eigenvalue weighted by atomic mass is 16.5. The van der Waals surface area contributed by atoms with Crippen LogP contribution in [0.4, 0.5) is 0 Å². The average Bonchev–Trinajstić information content (AvgIpc) is 2.68. The van der Waals surface area contributed by atoms with Crippen LogP contribution in [0.3, 0.4) is 0 Å². The monoisotopic (exact) mass is 355 g/mol. The van der Waals surface area contributed by atoms with Gasteiger partial charge in [0.05, 0.1) is 7.11 Å². The second-order valence-corrected chi connectivity index (χ2v) is 6.04. The highest BCUT2D eigenvalue weighted by molar-refractivity contribution is 5.96. The van der Waals surface area contributed by atoms with Crippen LogP contribution in [0.25, 0.3) is 0 Å². The summed E-state index contributed by atoms with van der Waals surface area (Å²) in [5, 5.41) is 5.67. The van der Waals surface area contributed by atoms with Gasteiger partial charge in [-0.1, -0.05) is 25.1 Å². The first kappa shape index (κ1) is 19.4. The SMILES string of the molecule is CCC(C)NC(=O)c1cccc(C(=O)NCCc2ccc(OC)cc2)n1. The fourth-order valence-electron chi connectivity index (χ4n) is 2.29. The molecule has 1 heterocycles. The van der Waals surface area contributed by atoms with E-state index in [1.54, 1.807) is 25.3 Å². The second kappa shape index (κ2) is 9.56. The van der Waals surface area contributed by atoms with Crippen LogP contribution in [0.2, 0.25) is 0 Å². The Hall–Kier alpha value is -2.89. The van der Waals surface area contributed by atoms with Crippen LogP contribution in [-0.2, 0) is 6.42 Å². The molecule has 0 bridgehead atoms. The molecule has 0 radical (unpaired) electrons. The standard InChI is InChI=1S/C20H25N3O3/c1-4-14(2)22-20(25)18-7-5-6-17(23-18)19(24)21-13-12-15-8-10-16(26-3)11-9-15/h5-11,14H,4,12-13H2,1-3H3,(H,21,24)(H,22,25). The molecule has 0 aliphatic carbocycles. The van der Waals surface area contributed by atoms with Crippen molar-refractivity contribution >= 4 is 11.8 Å². The molecule has 1 unspecified atom stereocenters.